The van der Waals surface area contributed by atoms with Gasteiger partial charge in [0.15, 0.2) is 6.61 Å². The number of hydrogen-bond donors (Lipinski definition) is 1. The van der Waals surface area contributed by atoms with Crippen LogP contribution in [0.1, 0.15) is 20.8 Å². The van der Waals surface area contributed by atoms with E-state index in [0.29, 0.717) is 44.4 Å². The number of amides is 2. The number of carbonyl (C=O) groups is 2. The molecule has 1 unspecified atom stereocenters. The standard InChI is InChI=1S/C19H28FN3O3/c1-14(2)15(3)21-18(24)12-22-8-10-23(11-9-22)19(25)13-26-17-6-4-16(20)5-7-17/h4-7,14-15H,8-13H2,1-3H3,(H,21,24). The van der Waals surface area contributed by atoms with Crippen LogP contribution in [0.2, 0.25) is 0 Å². The quantitative estimate of drug-likeness (QED) is 0.796. The molecule has 1 fully saturated rings. The van der Waals surface area contributed by atoms with Crippen molar-refractivity contribution in [2.75, 3.05) is 39.3 Å². The molecule has 1 atom stereocenters. The second kappa shape index (κ2) is 9.52. The number of nitrogens with one attached hydrogen (secondary N) is 1. The first kappa shape index (κ1) is 20.2. The molecule has 0 aromatic heterocycles. The Bertz CT molecular complexity index is 599. The Labute approximate surface area is 154 Å². The molecule has 1 saturated heterocycles. The second-order valence-electron chi connectivity index (χ2n) is 7.00. The van der Waals surface area contributed by atoms with Crippen LogP contribution in [0.5, 0.6) is 5.75 Å². The van der Waals surface area contributed by atoms with Crippen molar-refractivity contribution >= 4 is 11.8 Å². The molecule has 0 spiro atoms. The molecule has 0 aliphatic carbocycles. The smallest absolute Gasteiger partial charge is 0.260 e. The topological polar surface area (TPSA) is 61.9 Å². The lowest BCUT2D eigenvalue weighted by molar-refractivity contribution is -0.135. The van der Waals surface area contributed by atoms with Crippen molar-refractivity contribution in [1.29, 1.82) is 0 Å². The summed E-state index contributed by atoms with van der Waals surface area (Å²) < 4.78 is 18.2. The number of halogens is 1. The Hall–Kier alpha value is -2.15. The number of rotatable bonds is 7. The van der Waals surface area contributed by atoms with Gasteiger partial charge in [-0.1, -0.05) is 13.8 Å². The molecule has 1 N–H and O–H groups in total. The van der Waals surface area contributed by atoms with Gasteiger partial charge in [0.25, 0.3) is 5.91 Å². The van der Waals surface area contributed by atoms with Gasteiger partial charge < -0.3 is 15.0 Å². The molecule has 1 aliphatic rings. The van der Waals surface area contributed by atoms with Crippen molar-refractivity contribution < 1.29 is 18.7 Å². The molecule has 2 amide bonds. The average Bonchev–Trinajstić information content (AvgIpc) is 2.61. The fourth-order valence-electron chi connectivity index (χ4n) is 2.59. The summed E-state index contributed by atoms with van der Waals surface area (Å²) in [5.41, 5.74) is 0. The van der Waals surface area contributed by atoms with Crippen molar-refractivity contribution in [3.8, 4) is 5.75 Å². The Balaban J connectivity index is 1.69. The van der Waals surface area contributed by atoms with Crippen LogP contribution >= 0.6 is 0 Å². The summed E-state index contributed by atoms with van der Waals surface area (Å²) in [7, 11) is 0. The zero-order chi connectivity index (χ0) is 19.1. The SMILES string of the molecule is CC(C)C(C)NC(=O)CN1CCN(C(=O)COc2ccc(F)cc2)CC1. The molecular weight excluding hydrogens is 337 g/mol. The molecule has 7 heteroatoms. The maximum absolute atomic E-state index is 12.8. The molecule has 1 aromatic carbocycles. The first-order valence-electron chi connectivity index (χ1n) is 9.03. The third kappa shape index (κ3) is 6.29. The Morgan fingerprint density at radius 3 is 2.31 bits per heavy atom. The van der Waals surface area contributed by atoms with Crippen LogP contribution in [0.4, 0.5) is 4.39 Å². The minimum atomic E-state index is -0.341. The maximum Gasteiger partial charge on any atom is 0.260 e. The number of nitrogens with zero attached hydrogens (tertiary/aromatic N) is 2. The van der Waals surface area contributed by atoms with E-state index >= 15 is 0 Å². The molecule has 6 nitrogen and oxygen atoms in total. The molecule has 26 heavy (non-hydrogen) atoms. The third-order valence-electron chi connectivity index (χ3n) is 4.66. The lowest BCUT2D eigenvalue weighted by Crippen LogP contribution is -2.52. The number of hydrogen-bond acceptors (Lipinski definition) is 4. The zero-order valence-electron chi connectivity index (χ0n) is 15.7. The van der Waals surface area contributed by atoms with Crippen LogP contribution in [0.15, 0.2) is 24.3 Å². The van der Waals surface area contributed by atoms with Crippen LogP contribution in [-0.4, -0.2) is 67.0 Å². The van der Waals surface area contributed by atoms with Gasteiger partial charge in [-0.2, -0.15) is 0 Å². The van der Waals surface area contributed by atoms with Crippen molar-refractivity contribution in [2.24, 2.45) is 5.92 Å². The summed E-state index contributed by atoms with van der Waals surface area (Å²) in [4.78, 5) is 28.0. The van der Waals surface area contributed by atoms with Crippen LogP contribution < -0.4 is 10.1 Å². The van der Waals surface area contributed by atoms with E-state index in [1.54, 1.807) is 4.90 Å². The molecule has 0 saturated carbocycles. The van der Waals surface area contributed by atoms with Crippen LogP contribution in [-0.2, 0) is 9.59 Å². The molecule has 1 heterocycles. The molecule has 144 valence electrons. The molecular formula is C19H28FN3O3. The Morgan fingerprint density at radius 2 is 1.73 bits per heavy atom. The summed E-state index contributed by atoms with van der Waals surface area (Å²) in [6.07, 6.45) is 0. The van der Waals surface area contributed by atoms with Crippen LogP contribution in [0, 0.1) is 11.7 Å². The molecule has 1 aromatic rings. The van der Waals surface area contributed by atoms with Crippen molar-refractivity contribution in [3.05, 3.63) is 30.1 Å². The van der Waals surface area contributed by atoms with E-state index in [4.69, 9.17) is 4.74 Å². The minimum Gasteiger partial charge on any atom is -0.484 e. The van der Waals surface area contributed by atoms with Gasteiger partial charge in [-0.15, -0.1) is 0 Å². The van der Waals surface area contributed by atoms with E-state index in [-0.39, 0.29) is 30.3 Å². The van der Waals surface area contributed by atoms with Gasteiger partial charge in [-0.25, -0.2) is 4.39 Å². The summed E-state index contributed by atoms with van der Waals surface area (Å²) >= 11 is 0. The number of ether oxygens (including phenoxy) is 1. The normalized spacial score (nSPS) is 16.4. The fraction of sp³-hybridized carbons (Fsp3) is 0.579. The highest BCUT2D eigenvalue weighted by molar-refractivity contribution is 5.79. The first-order valence-corrected chi connectivity index (χ1v) is 9.03. The summed E-state index contributed by atoms with van der Waals surface area (Å²) in [6, 6.07) is 5.73. The molecule has 0 bridgehead atoms. The fourth-order valence-corrected chi connectivity index (χ4v) is 2.59. The lowest BCUT2D eigenvalue weighted by atomic mass is 10.1. The average molecular weight is 365 g/mol. The van der Waals surface area contributed by atoms with Gasteiger partial charge in [0.2, 0.25) is 5.91 Å². The largest absolute Gasteiger partial charge is 0.484 e. The highest BCUT2D eigenvalue weighted by Gasteiger charge is 2.23. The predicted octanol–water partition coefficient (Wildman–Crippen LogP) is 1.51. The lowest BCUT2D eigenvalue weighted by Gasteiger charge is -2.34. The number of benzene rings is 1. The van der Waals surface area contributed by atoms with E-state index in [2.05, 4.69) is 19.2 Å². The minimum absolute atomic E-state index is 0.0191. The monoisotopic (exact) mass is 365 g/mol. The Morgan fingerprint density at radius 1 is 1.12 bits per heavy atom. The third-order valence-corrected chi connectivity index (χ3v) is 4.66. The van der Waals surface area contributed by atoms with Crippen molar-refractivity contribution in [1.82, 2.24) is 15.1 Å². The van der Waals surface area contributed by atoms with Crippen molar-refractivity contribution in [2.45, 2.75) is 26.8 Å². The van der Waals surface area contributed by atoms with Gasteiger partial charge in [0.1, 0.15) is 11.6 Å². The summed E-state index contributed by atoms with van der Waals surface area (Å²) in [5, 5.41) is 3.00. The second-order valence-corrected chi connectivity index (χ2v) is 7.00. The summed E-state index contributed by atoms with van der Waals surface area (Å²) in [5.74, 6) is 0.438. The highest BCUT2D eigenvalue weighted by Crippen LogP contribution is 2.11. The zero-order valence-corrected chi connectivity index (χ0v) is 15.7. The van der Waals surface area contributed by atoms with Gasteiger partial charge in [-0.3, -0.25) is 14.5 Å². The predicted molar refractivity (Wildman–Crippen MR) is 97.4 cm³/mol. The molecule has 1 aliphatic heterocycles. The summed E-state index contributed by atoms with van der Waals surface area (Å²) in [6.45, 7) is 8.88. The molecule has 0 radical (unpaired) electrons. The van der Waals surface area contributed by atoms with E-state index in [0.717, 1.165) is 0 Å². The van der Waals surface area contributed by atoms with Gasteiger partial charge in [-0.05, 0) is 37.1 Å². The molecule has 2 rings (SSSR count). The Kier molecular flexibility index (Phi) is 7.38. The van der Waals surface area contributed by atoms with Gasteiger partial charge >= 0.3 is 0 Å². The van der Waals surface area contributed by atoms with Gasteiger partial charge in [0.05, 0.1) is 6.54 Å². The number of piperazine rings is 1. The van der Waals surface area contributed by atoms with E-state index in [1.807, 2.05) is 11.8 Å². The van der Waals surface area contributed by atoms with E-state index < -0.39 is 0 Å². The van der Waals surface area contributed by atoms with Crippen LogP contribution in [0.3, 0.4) is 0 Å². The number of carbonyl (C=O) groups excluding carboxylic acids is 2. The van der Waals surface area contributed by atoms with Crippen LogP contribution in [0.25, 0.3) is 0 Å². The highest BCUT2D eigenvalue weighted by atomic mass is 19.1. The first-order chi connectivity index (χ1) is 12.3. The van der Waals surface area contributed by atoms with E-state index in [9.17, 15) is 14.0 Å². The van der Waals surface area contributed by atoms with Crippen molar-refractivity contribution in [3.63, 3.8) is 0 Å². The van der Waals surface area contributed by atoms with Gasteiger partial charge in [0, 0.05) is 32.2 Å². The maximum atomic E-state index is 12.8. The van der Waals surface area contributed by atoms with E-state index in [1.165, 1.54) is 24.3 Å².